The van der Waals surface area contributed by atoms with Gasteiger partial charge in [0.05, 0.1) is 25.1 Å². The Hall–Kier alpha value is -2.94. The maximum atomic E-state index is 14.1. The molecule has 0 atom stereocenters. The highest BCUT2D eigenvalue weighted by Gasteiger charge is 2.27. The molecule has 29 heavy (non-hydrogen) atoms. The highest BCUT2D eigenvalue weighted by molar-refractivity contribution is 7.17. The fraction of sp³-hybridized carbons (Fsp3) is 0.350. The van der Waals surface area contributed by atoms with Crippen molar-refractivity contribution in [2.75, 3.05) is 25.1 Å². The Morgan fingerprint density at radius 2 is 2.10 bits per heavy atom. The molecule has 1 saturated heterocycles. The molecule has 0 spiro atoms. The molecule has 1 aliphatic rings. The molecule has 3 aromatic rings. The van der Waals surface area contributed by atoms with E-state index in [-0.39, 0.29) is 23.8 Å². The number of carbonyl (C=O) groups is 1. The van der Waals surface area contributed by atoms with Crippen LogP contribution < -0.4 is 15.2 Å². The maximum Gasteiger partial charge on any atom is 0.306 e. The molecule has 152 valence electrons. The van der Waals surface area contributed by atoms with Crippen LogP contribution in [0.5, 0.6) is 5.75 Å². The first-order chi connectivity index (χ1) is 14.0. The van der Waals surface area contributed by atoms with Gasteiger partial charge in [-0.25, -0.2) is 9.37 Å². The normalized spacial score (nSPS) is 15.0. The minimum atomic E-state index is -0.794. The number of hydrogen-bond donors (Lipinski definition) is 1. The minimum absolute atomic E-state index is 0.142. The minimum Gasteiger partial charge on any atom is -0.494 e. The van der Waals surface area contributed by atoms with Gasteiger partial charge in [0.25, 0.3) is 5.56 Å². The second-order valence-corrected chi connectivity index (χ2v) is 7.92. The molecule has 0 amide bonds. The lowest BCUT2D eigenvalue weighted by Crippen LogP contribution is -2.40. The summed E-state index contributed by atoms with van der Waals surface area (Å²) in [5.41, 5.74) is 1.05. The molecule has 9 heteroatoms. The van der Waals surface area contributed by atoms with Crippen LogP contribution in [0, 0.1) is 11.7 Å². The fourth-order valence-corrected chi connectivity index (χ4v) is 4.41. The smallest absolute Gasteiger partial charge is 0.306 e. The molecular formula is C20H20FN3O4S. The Balaban J connectivity index is 1.73. The van der Waals surface area contributed by atoms with Gasteiger partial charge in [-0.05, 0) is 42.0 Å². The molecule has 0 bridgehead atoms. The highest BCUT2D eigenvalue weighted by Crippen LogP contribution is 2.26. The summed E-state index contributed by atoms with van der Waals surface area (Å²) in [6.07, 6.45) is 0.980. The van der Waals surface area contributed by atoms with E-state index in [2.05, 4.69) is 4.98 Å². The Kier molecular flexibility index (Phi) is 5.23. The Morgan fingerprint density at radius 1 is 1.34 bits per heavy atom. The number of aromatic nitrogens is 2. The first-order valence-electron chi connectivity index (χ1n) is 9.26. The predicted molar refractivity (Wildman–Crippen MR) is 109 cm³/mol. The van der Waals surface area contributed by atoms with Crippen molar-refractivity contribution in [3.8, 4) is 5.75 Å². The van der Waals surface area contributed by atoms with Gasteiger partial charge in [-0.2, -0.15) is 0 Å². The zero-order chi connectivity index (χ0) is 20.5. The van der Waals surface area contributed by atoms with E-state index in [4.69, 9.17) is 4.74 Å². The summed E-state index contributed by atoms with van der Waals surface area (Å²) in [6, 6.07) is 6.40. The standard InChI is InChI=1S/C20H20FN3O4S/c1-28-16-3-2-12(10-14(16)21)11-24-18(25)17-15(6-9-29-17)22-20(24)23-7-4-13(5-8-23)19(26)27/h2-3,6,9-10,13H,4-5,7-8,11H2,1H3,(H,26,27). The molecule has 1 aliphatic heterocycles. The zero-order valence-corrected chi connectivity index (χ0v) is 16.6. The average molecular weight is 417 g/mol. The largest absolute Gasteiger partial charge is 0.494 e. The molecule has 1 N–H and O–H groups in total. The Bertz CT molecular complexity index is 1120. The molecule has 0 aliphatic carbocycles. The molecule has 0 radical (unpaired) electrons. The van der Waals surface area contributed by atoms with E-state index in [0.717, 1.165) is 0 Å². The summed E-state index contributed by atoms with van der Waals surface area (Å²) in [4.78, 5) is 31.0. The number of methoxy groups -OCH3 is 1. The predicted octanol–water partition coefficient (Wildman–Crippen LogP) is 2.96. The van der Waals surface area contributed by atoms with E-state index in [1.807, 2.05) is 10.3 Å². The highest BCUT2D eigenvalue weighted by atomic mass is 32.1. The van der Waals surface area contributed by atoms with Crippen LogP contribution >= 0.6 is 11.3 Å². The van der Waals surface area contributed by atoms with Crippen molar-refractivity contribution in [2.24, 2.45) is 5.92 Å². The van der Waals surface area contributed by atoms with Crippen molar-refractivity contribution in [3.63, 3.8) is 0 Å². The van der Waals surface area contributed by atoms with Gasteiger partial charge in [0.2, 0.25) is 5.95 Å². The molecule has 0 saturated carbocycles. The quantitative estimate of drug-likeness (QED) is 0.687. The van der Waals surface area contributed by atoms with Gasteiger partial charge in [-0.1, -0.05) is 6.07 Å². The third kappa shape index (κ3) is 3.69. The van der Waals surface area contributed by atoms with Crippen LogP contribution in [0.25, 0.3) is 10.2 Å². The van der Waals surface area contributed by atoms with Gasteiger partial charge in [0.1, 0.15) is 4.70 Å². The molecule has 1 fully saturated rings. The van der Waals surface area contributed by atoms with Gasteiger partial charge < -0.3 is 14.7 Å². The van der Waals surface area contributed by atoms with Crippen molar-refractivity contribution >= 4 is 33.5 Å². The number of rotatable bonds is 5. The Labute approximate surface area is 170 Å². The molecule has 4 rings (SSSR count). The lowest BCUT2D eigenvalue weighted by Gasteiger charge is -2.32. The first-order valence-corrected chi connectivity index (χ1v) is 10.1. The number of fused-ring (bicyclic) bond motifs is 1. The molecule has 0 unspecified atom stereocenters. The zero-order valence-electron chi connectivity index (χ0n) is 15.8. The van der Waals surface area contributed by atoms with Crippen molar-refractivity contribution in [1.29, 1.82) is 0 Å². The lowest BCUT2D eigenvalue weighted by atomic mass is 9.97. The molecular weight excluding hydrogens is 397 g/mol. The maximum absolute atomic E-state index is 14.1. The van der Waals surface area contributed by atoms with Crippen LogP contribution in [0.15, 0.2) is 34.4 Å². The van der Waals surface area contributed by atoms with Gasteiger partial charge >= 0.3 is 5.97 Å². The third-order valence-electron chi connectivity index (χ3n) is 5.23. The number of carboxylic acids is 1. The van der Waals surface area contributed by atoms with E-state index < -0.39 is 11.8 Å². The summed E-state index contributed by atoms with van der Waals surface area (Å²) in [6.45, 7) is 1.15. The van der Waals surface area contributed by atoms with Crippen LogP contribution in [-0.2, 0) is 11.3 Å². The molecule has 1 aromatic carbocycles. The average Bonchev–Trinajstić information content (AvgIpc) is 3.19. The SMILES string of the molecule is COc1ccc(Cn2c(N3CCC(C(=O)O)CC3)nc3ccsc3c2=O)cc1F. The summed E-state index contributed by atoms with van der Waals surface area (Å²) in [5, 5.41) is 11.1. The van der Waals surface area contributed by atoms with Crippen molar-refractivity contribution in [1.82, 2.24) is 9.55 Å². The third-order valence-corrected chi connectivity index (χ3v) is 6.12. The first kappa shape index (κ1) is 19.4. The lowest BCUT2D eigenvalue weighted by molar-refractivity contribution is -0.142. The second-order valence-electron chi connectivity index (χ2n) is 7.01. The number of piperidine rings is 1. The number of ether oxygens (including phenoxy) is 1. The van der Waals surface area contributed by atoms with Crippen LogP contribution in [0.4, 0.5) is 10.3 Å². The van der Waals surface area contributed by atoms with Gasteiger partial charge in [-0.15, -0.1) is 11.3 Å². The van der Waals surface area contributed by atoms with E-state index in [0.29, 0.717) is 47.7 Å². The van der Waals surface area contributed by atoms with E-state index in [1.165, 1.54) is 30.6 Å². The number of carboxylic acid groups (broad SMARTS) is 1. The monoisotopic (exact) mass is 417 g/mol. The number of hydrogen-bond acceptors (Lipinski definition) is 6. The van der Waals surface area contributed by atoms with Crippen LogP contribution in [-0.4, -0.2) is 40.8 Å². The number of benzene rings is 1. The van der Waals surface area contributed by atoms with E-state index in [1.54, 1.807) is 16.7 Å². The van der Waals surface area contributed by atoms with Crippen LogP contribution in [0.1, 0.15) is 18.4 Å². The van der Waals surface area contributed by atoms with Crippen LogP contribution in [0.2, 0.25) is 0 Å². The summed E-state index contributed by atoms with van der Waals surface area (Å²) in [7, 11) is 1.40. The fourth-order valence-electron chi connectivity index (χ4n) is 3.63. The number of thiophene rings is 1. The molecule has 7 nitrogen and oxygen atoms in total. The van der Waals surface area contributed by atoms with Gasteiger partial charge in [0, 0.05) is 13.1 Å². The van der Waals surface area contributed by atoms with Crippen molar-refractivity contribution < 1.29 is 19.0 Å². The van der Waals surface area contributed by atoms with E-state index in [9.17, 15) is 19.1 Å². The summed E-state index contributed by atoms with van der Waals surface area (Å²) >= 11 is 1.32. The number of nitrogens with zero attached hydrogens (tertiary/aromatic N) is 3. The number of halogens is 1. The summed E-state index contributed by atoms with van der Waals surface area (Å²) in [5.74, 6) is -1.04. The van der Waals surface area contributed by atoms with Gasteiger partial charge in [-0.3, -0.25) is 14.2 Å². The summed E-state index contributed by atoms with van der Waals surface area (Å²) < 4.78 is 21.2. The van der Waals surface area contributed by atoms with Crippen molar-refractivity contribution in [2.45, 2.75) is 19.4 Å². The number of anilines is 1. The van der Waals surface area contributed by atoms with Crippen molar-refractivity contribution in [3.05, 3.63) is 51.4 Å². The Morgan fingerprint density at radius 3 is 2.76 bits per heavy atom. The van der Waals surface area contributed by atoms with Gasteiger partial charge in [0.15, 0.2) is 11.6 Å². The molecule has 3 heterocycles. The van der Waals surface area contributed by atoms with E-state index >= 15 is 0 Å². The molecule has 2 aromatic heterocycles. The number of aliphatic carboxylic acids is 1. The van der Waals surface area contributed by atoms with Crippen LogP contribution in [0.3, 0.4) is 0 Å². The second kappa shape index (κ2) is 7.82. The topological polar surface area (TPSA) is 84.7 Å².